The predicted octanol–water partition coefficient (Wildman–Crippen LogP) is 5.89. The number of amides is 1. The van der Waals surface area contributed by atoms with Crippen LogP contribution in [0.1, 0.15) is 30.5 Å². The second-order valence-electron chi connectivity index (χ2n) is 9.24. The largest absolute Gasteiger partial charge is 0.488 e. The number of carbonyl (C=O) groups is 2. The molecular formula is C32H34N2O4. The summed E-state index contributed by atoms with van der Waals surface area (Å²) in [7, 11) is 1.83. The van der Waals surface area contributed by atoms with Gasteiger partial charge >= 0.3 is 5.97 Å². The smallest absolute Gasteiger partial charge is 0.333 e. The van der Waals surface area contributed by atoms with Crippen molar-refractivity contribution in [2.45, 2.75) is 33.4 Å². The van der Waals surface area contributed by atoms with Crippen LogP contribution in [-0.2, 0) is 33.9 Å². The topological polar surface area (TPSA) is 60.8 Å². The van der Waals surface area contributed by atoms with Crippen LogP contribution in [-0.4, -0.2) is 41.5 Å². The van der Waals surface area contributed by atoms with E-state index in [-0.39, 0.29) is 18.4 Å². The lowest BCUT2D eigenvalue weighted by Crippen LogP contribution is -2.31. The minimum Gasteiger partial charge on any atom is -0.488 e. The SMILES string of the molecule is CCOC(=O)/C(C)=C/c1cn(CC(=O)N(C)CCc2ccccc2)c2cccc(OCc3ccccc3)c12. The molecule has 38 heavy (non-hydrogen) atoms. The summed E-state index contributed by atoms with van der Waals surface area (Å²) in [6.07, 6.45) is 4.50. The number of hydrogen-bond acceptors (Lipinski definition) is 4. The normalized spacial score (nSPS) is 11.4. The molecule has 196 valence electrons. The van der Waals surface area contributed by atoms with Crippen molar-refractivity contribution in [1.29, 1.82) is 0 Å². The quantitative estimate of drug-likeness (QED) is 0.187. The first kappa shape index (κ1) is 26.7. The van der Waals surface area contributed by atoms with Gasteiger partial charge in [-0.2, -0.15) is 0 Å². The molecule has 4 aromatic rings. The first-order valence-electron chi connectivity index (χ1n) is 12.9. The van der Waals surface area contributed by atoms with Gasteiger partial charge in [-0.1, -0.05) is 66.7 Å². The Morgan fingerprint density at radius 3 is 2.29 bits per heavy atom. The maximum absolute atomic E-state index is 13.2. The highest BCUT2D eigenvalue weighted by molar-refractivity contribution is 6.00. The van der Waals surface area contributed by atoms with Gasteiger partial charge in [-0.15, -0.1) is 0 Å². The molecule has 6 heteroatoms. The molecule has 0 spiro atoms. The van der Waals surface area contributed by atoms with Crippen molar-refractivity contribution in [3.05, 3.63) is 107 Å². The predicted molar refractivity (Wildman–Crippen MR) is 151 cm³/mol. The molecule has 0 aliphatic heterocycles. The Morgan fingerprint density at radius 1 is 0.921 bits per heavy atom. The molecule has 6 nitrogen and oxygen atoms in total. The van der Waals surface area contributed by atoms with E-state index in [2.05, 4.69) is 12.1 Å². The highest BCUT2D eigenvalue weighted by Crippen LogP contribution is 2.33. The van der Waals surface area contributed by atoms with Gasteiger partial charge < -0.3 is 18.9 Å². The lowest BCUT2D eigenvalue weighted by molar-refractivity contribution is -0.138. The number of carbonyl (C=O) groups excluding carboxylic acids is 2. The molecule has 0 radical (unpaired) electrons. The number of aromatic nitrogens is 1. The van der Waals surface area contributed by atoms with E-state index in [0.717, 1.165) is 28.5 Å². The van der Waals surface area contributed by atoms with Crippen molar-refractivity contribution < 1.29 is 19.1 Å². The van der Waals surface area contributed by atoms with E-state index < -0.39 is 0 Å². The third-order valence-electron chi connectivity index (χ3n) is 6.41. The summed E-state index contributed by atoms with van der Waals surface area (Å²) in [6, 6.07) is 25.9. The van der Waals surface area contributed by atoms with Crippen LogP contribution in [0.15, 0.2) is 90.6 Å². The highest BCUT2D eigenvalue weighted by Gasteiger charge is 2.17. The Morgan fingerprint density at radius 2 is 1.61 bits per heavy atom. The molecule has 0 N–H and O–H groups in total. The Kier molecular flexibility index (Phi) is 8.98. The van der Waals surface area contributed by atoms with Crippen molar-refractivity contribution in [2.24, 2.45) is 0 Å². The molecule has 0 bridgehead atoms. The van der Waals surface area contributed by atoms with Crippen molar-refractivity contribution in [2.75, 3.05) is 20.2 Å². The van der Waals surface area contributed by atoms with E-state index in [9.17, 15) is 9.59 Å². The Balaban J connectivity index is 1.62. The van der Waals surface area contributed by atoms with Crippen molar-refractivity contribution in [1.82, 2.24) is 9.47 Å². The molecule has 1 heterocycles. The van der Waals surface area contributed by atoms with Crippen molar-refractivity contribution in [3.8, 4) is 5.75 Å². The third-order valence-corrected chi connectivity index (χ3v) is 6.41. The van der Waals surface area contributed by atoms with Crippen LogP contribution in [0.2, 0.25) is 0 Å². The first-order chi connectivity index (χ1) is 18.5. The highest BCUT2D eigenvalue weighted by atomic mass is 16.5. The maximum atomic E-state index is 13.2. The zero-order valence-corrected chi connectivity index (χ0v) is 22.2. The van der Waals surface area contributed by atoms with Gasteiger partial charge in [-0.05, 0) is 49.6 Å². The van der Waals surface area contributed by atoms with Gasteiger partial charge in [0.1, 0.15) is 18.9 Å². The average molecular weight is 511 g/mol. The maximum Gasteiger partial charge on any atom is 0.333 e. The molecule has 1 amide bonds. The second kappa shape index (κ2) is 12.8. The van der Waals surface area contributed by atoms with Gasteiger partial charge in [-0.25, -0.2) is 4.79 Å². The Bertz CT molecular complexity index is 1410. The monoisotopic (exact) mass is 510 g/mol. The zero-order valence-electron chi connectivity index (χ0n) is 22.2. The van der Waals surface area contributed by atoms with E-state index in [0.29, 0.717) is 31.1 Å². The van der Waals surface area contributed by atoms with Crippen LogP contribution >= 0.6 is 0 Å². The Labute approximate surface area is 224 Å². The molecule has 0 saturated carbocycles. The molecule has 4 rings (SSSR count). The number of likely N-dealkylation sites (N-methyl/N-ethyl adjacent to an activating group) is 1. The van der Waals surface area contributed by atoms with E-state index in [4.69, 9.17) is 9.47 Å². The summed E-state index contributed by atoms with van der Waals surface area (Å²) >= 11 is 0. The molecule has 1 aromatic heterocycles. The molecule has 0 unspecified atom stereocenters. The average Bonchev–Trinajstić information content (AvgIpc) is 3.28. The fourth-order valence-corrected chi connectivity index (χ4v) is 4.32. The summed E-state index contributed by atoms with van der Waals surface area (Å²) in [4.78, 5) is 27.3. The summed E-state index contributed by atoms with van der Waals surface area (Å²) in [5.74, 6) is 0.330. The van der Waals surface area contributed by atoms with Gasteiger partial charge in [-0.3, -0.25) is 4.79 Å². The van der Waals surface area contributed by atoms with Crippen LogP contribution in [0.25, 0.3) is 17.0 Å². The Hall–Kier alpha value is -4.32. The summed E-state index contributed by atoms with van der Waals surface area (Å²) < 4.78 is 13.3. The molecule has 0 aliphatic rings. The minimum atomic E-state index is -0.368. The van der Waals surface area contributed by atoms with Crippen molar-refractivity contribution >= 4 is 28.9 Å². The summed E-state index contributed by atoms with van der Waals surface area (Å²) in [6.45, 7) is 5.04. The molecule has 0 saturated heterocycles. The van der Waals surface area contributed by atoms with Crippen LogP contribution in [0.3, 0.4) is 0 Å². The number of benzene rings is 3. The fraction of sp³-hybridized carbons (Fsp3) is 0.250. The fourth-order valence-electron chi connectivity index (χ4n) is 4.32. The number of esters is 1. The third kappa shape index (κ3) is 6.71. The molecule has 0 fully saturated rings. The number of fused-ring (bicyclic) bond motifs is 1. The lowest BCUT2D eigenvalue weighted by atomic mass is 10.1. The van der Waals surface area contributed by atoms with Crippen LogP contribution in [0.4, 0.5) is 0 Å². The zero-order chi connectivity index (χ0) is 26.9. The van der Waals surface area contributed by atoms with Crippen molar-refractivity contribution in [3.63, 3.8) is 0 Å². The first-order valence-corrected chi connectivity index (χ1v) is 12.9. The summed E-state index contributed by atoms with van der Waals surface area (Å²) in [5, 5.41) is 0.854. The number of nitrogens with zero attached hydrogens (tertiary/aromatic N) is 2. The molecule has 0 atom stereocenters. The molecule has 0 aliphatic carbocycles. The van der Waals surface area contributed by atoms with Crippen LogP contribution < -0.4 is 4.74 Å². The standard InChI is InChI=1S/C32H34N2O4/c1-4-37-32(36)24(2)20-27-21-34(22-30(35)33(3)19-18-25-12-7-5-8-13-25)28-16-11-17-29(31(27)28)38-23-26-14-9-6-10-15-26/h5-17,20-21H,4,18-19,22-23H2,1-3H3/b24-20+. The van der Waals surface area contributed by atoms with Crippen LogP contribution in [0, 0.1) is 0 Å². The second-order valence-corrected chi connectivity index (χ2v) is 9.24. The van der Waals surface area contributed by atoms with Gasteiger partial charge in [0.25, 0.3) is 0 Å². The van der Waals surface area contributed by atoms with E-state index >= 15 is 0 Å². The van der Waals surface area contributed by atoms with Gasteiger partial charge in [0.15, 0.2) is 0 Å². The molecule has 3 aromatic carbocycles. The number of hydrogen-bond donors (Lipinski definition) is 0. The minimum absolute atomic E-state index is 0.00563. The van der Waals surface area contributed by atoms with E-state index in [1.165, 1.54) is 5.56 Å². The van der Waals surface area contributed by atoms with E-state index in [1.54, 1.807) is 24.8 Å². The van der Waals surface area contributed by atoms with E-state index in [1.807, 2.05) is 84.5 Å². The molecular weight excluding hydrogens is 476 g/mol. The summed E-state index contributed by atoms with van der Waals surface area (Å²) in [5.41, 5.74) is 4.40. The van der Waals surface area contributed by atoms with Crippen LogP contribution in [0.5, 0.6) is 5.75 Å². The van der Waals surface area contributed by atoms with Gasteiger partial charge in [0, 0.05) is 36.3 Å². The number of ether oxygens (including phenoxy) is 2. The number of rotatable bonds is 11. The van der Waals surface area contributed by atoms with Gasteiger partial charge in [0.05, 0.1) is 12.1 Å². The van der Waals surface area contributed by atoms with Gasteiger partial charge in [0.2, 0.25) is 5.91 Å². The lowest BCUT2D eigenvalue weighted by Gasteiger charge is -2.18.